The number of nitrogens with two attached hydrogens (primary N) is 1. The van der Waals surface area contributed by atoms with Crippen LogP contribution in [-0.2, 0) is 0 Å². The molecule has 0 aliphatic heterocycles. The Morgan fingerprint density at radius 1 is 1.64 bits per heavy atom. The predicted molar refractivity (Wildman–Crippen MR) is 42.0 cm³/mol. The van der Waals surface area contributed by atoms with E-state index < -0.39 is 0 Å². The molecular weight excluding hydrogens is 144 g/mol. The molecule has 11 heavy (non-hydrogen) atoms. The second-order valence-corrected chi connectivity index (χ2v) is 1.97. The van der Waals surface area contributed by atoms with Gasteiger partial charge in [-0.15, -0.1) is 0 Å². The summed E-state index contributed by atoms with van der Waals surface area (Å²) in [7, 11) is 0. The Kier molecular flexibility index (Phi) is 2.62. The number of nitrogen functional groups attached to an aromatic ring is 1. The molecule has 0 atom stereocenters. The van der Waals surface area contributed by atoms with Crippen molar-refractivity contribution < 1.29 is 5.11 Å². The van der Waals surface area contributed by atoms with Crippen molar-refractivity contribution >= 4 is 11.5 Å². The second-order valence-electron chi connectivity index (χ2n) is 1.97. The first-order valence-corrected chi connectivity index (χ1v) is 3.25. The van der Waals surface area contributed by atoms with Crippen molar-refractivity contribution in [3.8, 4) is 0 Å². The first-order chi connectivity index (χ1) is 5.34. The first kappa shape index (κ1) is 7.74. The summed E-state index contributed by atoms with van der Waals surface area (Å²) in [6, 6.07) is 0. The molecule has 0 radical (unpaired) electrons. The molecule has 4 N–H and O–H groups in total. The highest BCUT2D eigenvalue weighted by molar-refractivity contribution is 5.59. The van der Waals surface area contributed by atoms with Crippen molar-refractivity contribution in [3.05, 3.63) is 12.5 Å². The van der Waals surface area contributed by atoms with Gasteiger partial charge < -0.3 is 16.2 Å². The molecule has 5 nitrogen and oxygen atoms in total. The molecule has 1 aromatic heterocycles. The van der Waals surface area contributed by atoms with Gasteiger partial charge in [-0.3, -0.25) is 0 Å². The summed E-state index contributed by atoms with van der Waals surface area (Å²) in [5.41, 5.74) is 6.12. The smallest absolute Gasteiger partial charge is 0.150 e. The number of hydrogen-bond donors (Lipinski definition) is 3. The van der Waals surface area contributed by atoms with E-state index in [0.29, 0.717) is 18.1 Å². The minimum Gasteiger partial charge on any atom is -0.395 e. The molecule has 0 aliphatic rings. The molecule has 1 heterocycles. The lowest BCUT2D eigenvalue weighted by atomic mass is 10.4. The van der Waals surface area contributed by atoms with Crippen LogP contribution in [0.3, 0.4) is 0 Å². The van der Waals surface area contributed by atoms with Gasteiger partial charge in [0.1, 0.15) is 12.1 Å². The summed E-state index contributed by atoms with van der Waals surface area (Å²) >= 11 is 0. The van der Waals surface area contributed by atoms with Crippen molar-refractivity contribution in [1.82, 2.24) is 9.97 Å². The third-order valence-electron chi connectivity index (χ3n) is 1.17. The van der Waals surface area contributed by atoms with Crippen molar-refractivity contribution in [3.63, 3.8) is 0 Å². The second kappa shape index (κ2) is 3.72. The average molecular weight is 154 g/mol. The summed E-state index contributed by atoms with van der Waals surface area (Å²) in [6.45, 7) is 0.520. The first-order valence-electron chi connectivity index (χ1n) is 3.25. The van der Waals surface area contributed by atoms with Crippen LogP contribution in [0.25, 0.3) is 0 Å². The van der Waals surface area contributed by atoms with E-state index in [9.17, 15) is 0 Å². The summed E-state index contributed by atoms with van der Waals surface area (Å²) in [6.07, 6.45) is 2.94. The van der Waals surface area contributed by atoms with Gasteiger partial charge in [-0.1, -0.05) is 0 Å². The Hall–Kier alpha value is -1.36. The van der Waals surface area contributed by atoms with Gasteiger partial charge in [0.15, 0.2) is 0 Å². The number of aliphatic hydroxyl groups excluding tert-OH is 1. The van der Waals surface area contributed by atoms with Crippen molar-refractivity contribution in [2.75, 3.05) is 24.2 Å². The van der Waals surface area contributed by atoms with E-state index in [4.69, 9.17) is 10.8 Å². The van der Waals surface area contributed by atoms with Crippen molar-refractivity contribution in [2.45, 2.75) is 0 Å². The van der Waals surface area contributed by atoms with Gasteiger partial charge in [0.2, 0.25) is 0 Å². The molecule has 0 saturated heterocycles. The summed E-state index contributed by atoms with van der Waals surface area (Å²) in [5.74, 6) is 0.397. The average Bonchev–Trinajstić information content (AvgIpc) is 2.03. The van der Waals surface area contributed by atoms with Crippen LogP contribution in [-0.4, -0.2) is 28.2 Å². The fraction of sp³-hybridized carbons (Fsp3) is 0.333. The summed E-state index contributed by atoms with van der Waals surface area (Å²) in [4.78, 5) is 7.52. The van der Waals surface area contributed by atoms with Crippen LogP contribution in [0.2, 0.25) is 0 Å². The number of rotatable bonds is 3. The number of anilines is 2. The highest BCUT2D eigenvalue weighted by Gasteiger charge is 1.95. The van der Waals surface area contributed by atoms with E-state index in [1.807, 2.05) is 0 Å². The third kappa shape index (κ3) is 2.05. The number of nitrogens with zero attached hydrogens (tertiary/aromatic N) is 2. The molecule has 60 valence electrons. The van der Waals surface area contributed by atoms with E-state index >= 15 is 0 Å². The molecule has 0 fully saturated rings. The maximum atomic E-state index is 8.47. The maximum Gasteiger partial charge on any atom is 0.150 e. The van der Waals surface area contributed by atoms with Gasteiger partial charge in [-0.25, -0.2) is 9.97 Å². The van der Waals surface area contributed by atoms with E-state index in [2.05, 4.69) is 15.3 Å². The number of hydrogen-bond acceptors (Lipinski definition) is 5. The van der Waals surface area contributed by atoms with Crippen LogP contribution < -0.4 is 11.1 Å². The molecular formula is C6H10N4O. The Balaban J connectivity index is 2.62. The number of nitrogens with one attached hydrogen (secondary N) is 1. The van der Waals surface area contributed by atoms with Gasteiger partial charge >= 0.3 is 0 Å². The Labute approximate surface area is 64.3 Å². The lowest BCUT2D eigenvalue weighted by Crippen LogP contribution is -2.08. The van der Waals surface area contributed by atoms with Gasteiger partial charge in [-0.2, -0.15) is 0 Å². The highest BCUT2D eigenvalue weighted by atomic mass is 16.3. The van der Waals surface area contributed by atoms with Crippen LogP contribution in [0.5, 0.6) is 0 Å². The van der Waals surface area contributed by atoms with Gasteiger partial charge in [-0.05, 0) is 0 Å². The van der Waals surface area contributed by atoms with E-state index in [1.165, 1.54) is 6.33 Å². The standard InChI is InChI=1S/C6H10N4O/c7-6-5(9-1-2-11)3-8-4-10-6/h3-4,9,11H,1-2H2,(H2,7,8,10). The van der Waals surface area contributed by atoms with Crippen LogP contribution >= 0.6 is 0 Å². The molecule has 0 bridgehead atoms. The van der Waals surface area contributed by atoms with Crippen molar-refractivity contribution in [1.29, 1.82) is 0 Å². The molecule has 1 rings (SSSR count). The highest BCUT2D eigenvalue weighted by Crippen LogP contribution is 2.10. The van der Waals surface area contributed by atoms with Crippen molar-refractivity contribution in [2.24, 2.45) is 0 Å². The molecule has 5 heteroatoms. The third-order valence-corrected chi connectivity index (χ3v) is 1.17. The molecule has 0 saturated carbocycles. The minimum atomic E-state index is 0.0638. The fourth-order valence-electron chi connectivity index (χ4n) is 0.666. The van der Waals surface area contributed by atoms with Crippen LogP contribution in [0.15, 0.2) is 12.5 Å². The molecule has 1 aromatic rings. The van der Waals surface area contributed by atoms with Gasteiger partial charge in [0, 0.05) is 6.54 Å². The Bertz CT molecular complexity index is 228. The van der Waals surface area contributed by atoms with E-state index in [-0.39, 0.29) is 6.61 Å². The quantitative estimate of drug-likeness (QED) is 0.544. The lowest BCUT2D eigenvalue weighted by Gasteiger charge is -2.04. The predicted octanol–water partition coefficient (Wildman–Crippen LogP) is -0.537. The Morgan fingerprint density at radius 3 is 3.09 bits per heavy atom. The fourth-order valence-corrected chi connectivity index (χ4v) is 0.666. The Morgan fingerprint density at radius 2 is 2.45 bits per heavy atom. The largest absolute Gasteiger partial charge is 0.395 e. The molecule has 0 amide bonds. The monoisotopic (exact) mass is 154 g/mol. The SMILES string of the molecule is Nc1ncncc1NCCO. The zero-order chi connectivity index (χ0) is 8.10. The van der Waals surface area contributed by atoms with Crippen LogP contribution in [0.1, 0.15) is 0 Å². The van der Waals surface area contributed by atoms with Crippen LogP contribution in [0.4, 0.5) is 11.5 Å². The summed E-state index contributed by atoms with van der Waals surface area (Å²) < 4.78 is 0. The zero-order valence-corrected chi connectivity index (χ0v) is 5.99. The zero-order valence-electron chi connectivity index (χ0n) is 5.99. The molecule has 0 aromatic carbocycles. The van der Waals surface area contributed by atoms with Gasteiger partial charge in [0.05, 0.1) is 18.5 Å². The maximum absolute atomic E-state index is 8.47. The normalized spacial score (nSPS) is 9.55. The molecule has 0 spiro atoms. The summed E-state index contributed by atoms with van der Waals surface area (Å²) in [5, 5.41) is 11.3. The minimum absolute atomic E-state index is 0.0638. The van der Waals surface area contributed by atoms with E-state index in [0.717, 1.165) is 0 Å². The molecule has 0 aliphatic carbocycles. The number of aromatic nitrogens is 2. The lowest BCUT2D eigenvalue weighted by molar-refractivity contribution is 0.311. The van der Waals surface area contributed by atoms with Gasteiger partial charge in [0.25, 0.3) is 0 Å². The molecule has 0 unspecified atom stereocenters. The topological polar surface area (TPSA) is 84.1 Å². The number of aliphatic hydroxyl groups is 1. The van der Waals surface area contributed by atoms with E-state index in [1.54, 1.807) is 6.20 Å². The van der Waals surface area contributed by atoms with Crippen LogP contribution in [0, 0.1) is 0 Å².